The third-order valence-electron chi connectivity index (χ3n) is 5.17. The minimum atomic E-state index is -0.472. The maximum atomic E-state index is 12.7. The van der Waals surface area contributed by atoms with E-state index >= 15 is 0 Å². The summed E-state index contributed by atoms with van der Waals surface area (Å²) in [6, 6.07) is 15.3. The van der Waals surface area contributed by atoms with Gasteiger partial charge < -0.3 is 15.0 Å². The van der Waals surface area contributed by atoms with Crippen LogP contribution in [0.4, 0.5) is 21.0 Å². The summed E-state index contributed by atoms with van der Waals surface area (Å²) in [7, 11) is 0. The highest BCUT2D eigenvalue weighted by Crippen LogP contribution is 2.21. The Hall–Kier alpha value is -3.02. The number of benzene rings is 2. The van der Waals surface area contributed by atoms with Crippen molar-refractivity contribution in [3.8, 4) is 0 Å². The Kier molecular flexibility index (Phi) is 7.11. The number of nitrogens with one attached hydrogen (secondary N) is 2. The van der Waals surface area contributed by atoms with Gasteiger partial charge in [-0.05, 0) is 57.4 Å². The number of hydrogen-bond donors (Lipinski definition) is 2. The van der Waals surface area contributed by atoms with Crippen molar-refractivity contribution >= 4 is 23.5 Å². The Balaban J connectivity index is 1.47. The van der Waals surface area contributed by atoms with E-state index in [9.17, 15) is 9.59 Å². The van der Waals surface area contributed by atoms with Crippen molar-refractivity contribution in [1.29, 1.82) is 0 Å². The van der Waals surface area contributed by atoms with E-state index in [2.05, 4.69) is 10.6 Å². The molecule has 154 valence electrons. The van der Waals surface area contributed by atoms with Gasteiger partial charge in [0.15, 0.2) is 0 Å². The molecule has 6 nitrogen and oxygen atoms in total. The van der Waals surface area contributed by atoms with Gasteiger partial charge >= 0.3 is 12.1 Å². The molecule has 2 aromatic carbocycles. The second kappa shape index (κ2) is 9.96. The molecule has 6 heteroatoms. The van der Waals surface area contributed by atoms with E-state index in [0.29, 0.717) is 12.1 Å². The van der Waals surface area contributed by atoms with Crippen LogP contribution >= 0.6 is 0 Å². The van der Waals surface area contributed by atoms with Crippen molar-refractivity contribution in [3.63, 3.8) is 0 Å². The lowest BCUT2D eigenvalue weighted by Gasteiger charge is -2.35. The van der Waals surface area contributed by atoms with Gasteiger partial charge in [-0.25, -0.2) is 9.59 Å². The molecule has 2 aromatic rings. The summed E-state index contributed by atoms with van der Waals surface area (Å²) in [6.07, 6.45) is 3.15. The number of likely N-dealkylation sites (tertiary alicyclic amines) is 1. The molecule has 2 N–H and O–H groups in total. The molecule has 1 fully saturated rings. The molecule has 1 aliphatic rings. The number of nitrogens with zero attached hydrogens (tertiary/aromatic N) is 1. The second-order valence-electron chi connectivity index (χ2n) is 7.55. The first kappa shape index (κ1) is 20.7. The Bertz CT molecular complexity index is 818. The number of piperidine rings is 1. The highest BCUT2D eigenvalue weighted by atomic mass is 16.5. The number of urea groups is 1. The molecule has 0 aromatic heterocycles. The summed E-state index contributed by atoms with van der Waals surface area (Å²) in [5.74, 6) is 0. The van der Waals surface area contributed by atoms with Gasteiger partial charge in [0, 0.05) is 30.4 Å². The second-order valence-corrected chi connectivity index (χ2v) is 7.55. The van der Waals surface area contributed by atoms with Gasteiger partial charge in [0.25, 0.3) is 0 Å². The molecule has 3 rings (SSSR count). The van der Waals surface area contributed by atoms with Gasteiger partial charge in [-0.3, -0.25) is 5.32 Å². The molecule has 1 heterocycles. The van der Waals surface area contributed by atoms with E-state index in [-0.39, 0.29) is 18.7 Å². The normalized spacial score (nSPS) is 16.2. The van der Waals surface area contributed by atoms with Crippen LogP contribution in [-0.2, 0) is 4.74 Å². The number of carbonyl (C=O) groups is 2. The van der Waals surface area contributed by atoms with Gasteiger partial charge in [0.05, 0.1) is 6.61 Å². The van der Waals surface area contributed by atoms with Gasteiger partial charge in [-0.2, -0.15) is 0 Å². The standard InChI is InChI=1S/C23H29N3O3/c1-17-6-10-19(11-7-17)24-22(27)26-15-4-3-5-21(26)14-16-29-23(28)25-20-12-8-18(2)9-13-20/h6-13,21H,3-5,14-16H2,1-2H3,(H,24,27)(H,25,28)/t21-/m0/s1. The zero-order chi connectivity index (χ0) is 20.6. The van der Waals surface area contributed by atoms with Crippen molar-refractivity contribution in [2.45, 2.75) is 45.6 Å². The molecule has 29 heavy (non-hydrogen) atoms. The van der Waals surface area contributed by atoms with Crippen LogP contribution in [-0.4, -0.2) is 36.2 Å². The average molecular weight is 396 g/mol. The minimum absolute atomic E-state index is 0.0707. The van der Waals surface area contributed by atoms with Crippen LogP contribution in [0.25, 0.3) is 0 Å². The monoisotopic (exact) mass is 395 g/mol. The molecule has 0 aliphatic carbocycles. The summed E-state index contributed by atoms with van der Waals surface area (Å²) in [5, 5.41) is 5.70. The van der Waals surface area contributed by atoms with Crippen LogP contribution in [0.15, 0.2) is 48.5 Å². The Morgan fingerprint density at radius 3 is 2.14 bits per heavy atom. The minimum Gasteiger partial charge on any atom is -0.449 e. The molecular formula is C23H29N3O3. The van der Waals surface area contributed by atoms with Crippen molar-refractivity contribution in [1.82, 2.24) is 4.90 Å². The Morgan fingerprint density at radius 2 is 1.52 bits per heavy atom. The lowest BCUT2D eigenvalue weighted by Crippen LogP contribution is -2.46. The lowest BCUT2D eigenvalue weighted by molar-refractivity contribution is 0.123. The number of carbonyl (C=O) groups excluding carboxylic acids is 2. The first-order valence-corrected chi connectivity index (χ1v) is 10.2. The van der Waals surface area contributed by atoms with Crippen LogP contribution in [0.3, 0.4) is 0 Å². The highest BCUT2D eigenvalue weighted by Gasteiger charge is 2.26. The zero-order valence-electron chi connectivity index (χ0n) is 17.1. The quantitative estimate of drug-likeness (QED) is 0.719. The molecule has 1 atom stereocenters. The number of aryl methyl sites for hydroxylation is 2. The first-order chi connectivity index (χ1) is 14.0. The summed E-state index contributed by atoms with van der Waals surface area (Å²) in [5.41, 5.74) is 3.78. The van der Waals surface area contributed by atoms with Gasteiger partial charge in [-0.15, -0.1) is 0 Å². The number of rotatable bonds is 5. The molecule has 1 saturated heterocycles. The first-order valence-electron chi connectivity index (χ1n) is 10.2. The largest absolute Gasteiger partial charge is 0.449 e. The number of anilines is 2. The van der Waals surface area contributed by atoms with Crippen molar-refractivity contribution in [2.24, 2.45) is 0 Å². The zero-order valence-corrected chi connectivity index (χ0v) is 17.1. The maximum absolute atomic E-state index is 12.7. The highest BCUT2D eigenvalue weighted by molar-refractivity contribution is 5.89. The summed E-state index contributed by atoms with van der Waals surface area (Å²) in [4.78, 5) is 26.6. The molecule has 0 radical (unpaired) electrons. The topological polar surface area (TPSA) is 70.7 Å². The SMILES string of the molecule is Cc1ccc(NC(=O)OCC[C@@H]2CCCCN2C(=O)Nc2ccc(C)cc2)cc1. The van der Waals surface area contributed by atoms with Crippen LogP contribution in [0.1, 0.15) is 36.8 Å². The fourth-order valence-electron chi connectivity index (χ4n) is 3.48. The van der Waals surface area contributed by atoms with E-state index in [4.69, 9.17) is 4.74 Å². The lowest BCUT2D eigenvalue weighted by atomic mass is 10.00. The van der Waals surface area contributed by atoms with Gasteiger partial charge in [0.2, 0.25) is 0 Å². The van der Waals surface area contributed by atoms with E-state index in [1.807, 2.05) is 67.3 Å². The molecule has 0 saturated carbocycles. The summed E-state index contributed by atoms with van der Waals surface area (Å²) >= 11 is 0. The van der Waals surface area contributed by atoms with Crippen LogP contribution in [0.2, 0.25) is 0 Å². The molecule has 1 aliphatic heterocycles. The molecule has 0 bridgehead atoms. The van der Waals surface area contributed by atoms with Crippen molar-refractivity contribution < 1.29 is 14.3 Å². The average Bonchev–Trinajstić information content (AvgIpc) is 2.72. The smallest absolute Gasteiger partial charge is 0.411 e. The Labute approximate surface area is 172 Å². The van der Waals surface area contributed by atoms with Crippen LogP contribution in [0.5, 0.6) is 0 Å². The predicted molar refractivity (Wildman–Crippen MR) is 115 cm³/mol. The van der Waals surface area contributed by atoms with E-state index in [1.54, 1.807) is 0 Å². The fourth-order valence-corrected chi connectivity index (χ4v) is 3.48. The maximum Gasteiger partial charge on any atom is 0.411 e. The third-order valence-corrected chi connectivity index (χ3v) is 5.17. The van der Waals surface area contributed by atoms with E-state index in [0.717, 1.165) is 42.6 Å². The predicted octanol–water partition coefficient (Wildman–Crippen LogP) is 5.33. The number of hydrogen-bond acceptors (Lipinski definition) is 3. The third kappa shape index (κ3) is 6.24. The van der Waals surface area contributed by atoms with Gasteiger partial charge in [0.1, 0.15) is 0 Å². The van der Waals surface area contributed by atoms with E-state index < -0.39 is 6.09 Å². The molecular weight excluding hydrogens is 366 g/mol. The summed E-state index contributed by atoms with van der Waals surface area (Å²) in [6.45, 7) is 5.00. The number of ether oxygens (including phenoxy) is 1. The van der Waals surface area contributed by atoms with Crippen LogP contribution < -0.4 is 10.6 Å². The number of amides is 3. The van der Waals surface area contributed by atoms with Crippen molar-refractivity contribution in [2.75, 3.05) is 23.8 Å². The van der Waals surface area contributed by atoms with Crippen LogP contribution in [0, 0.1) is 13.8 Å². The van der Waals surface area contributed by atoms with Gasteiger partial charge in [-0.1, -0.05) is 35.4 Å². The van der Waals surface area contributed by atoms with E-state index in [1.165, 1.54) is 0 Å². The molecule has 0 spiro atoms. The Morgan fingerprint density at radius 1 is 0.931 bits per heavy atom. The molecule has 0 unspecified atom stereocenters. The fraction of sp³-hybridized carbons (Fsp3) is 0.391. The molecule has 3 amide bonds. The van der Waals surface area contributed by atoms with Crippen molar-refractivity contribution in [3.05, 3.63) is 59.7 Å². The summed E-state index contributed by atoms with van der Waals surface area (Å²) < 4.78 is 5.33.